The number of halogens is 1. The van der Waals surface area contributed by atoms with Gasteiger partial charge in [-0.05, 0) is 19.1 Å². The fourth-order valence-corrected chi connectivity index (χ4v) is 1.76. The van der Waals surface area contributed by atoms with Crippen LogP contribution < -0.4 is 5.56 Å². The molecule has 0 spiro atoms. The smallest absolute Gasteiger partial charge is 0.264 e. The molecule has 1 heterocycles. The Morgan fingerprint density at radius 3 is 2.81 bits per heavy atom. The third kappa shape index (κ3) is 1.62. The number of H-pyrrole nitrogens is 1. The van der Waals surface area contributed by atoms with Crippen molar-refractivity contribution in [2.75, 3.05) is 0 Å². The first-order valence-electron chi connectivity index (χ1n) is 4.61. The molecule has 1 N–H and O–H groups in total. The molecule has 0 aliphatic heterocycles. The molecule has 5 heteroatoms. The van der Waals surface area contributed by atoms with E-state index in [4.69, 9.17) is 16.9 Å². The number of nitrogens with zero attached hydrogens (tertiary/aromatic N) is 2. The summed E-state index contributed by atoms with van der Waals surface area (Å²) < 4.78 is 1.55. The van der Waals surface area contributed by atoms with Crippen molar-refractivity contribution >= 4 is 11.6 Å². The van der Waals surface area contributed by atoms with Crippen molar-refractivity contribution < 1.29 is 0 Å². The van der Waals surface area contributed by atoms with Gasteiger partial charge in [-0.2, -0.15) is 5.26 Å². The first kappa shape index (κ1) is 10.5. The zero-order valence-electron chi connectivity index (χ0n) is 8.49. The van der Waals surface area contributed by atoms with Crippen molar-refractivity contribution in [2.45, 2.75) is 6.92 Å². The first-order valence-corrected chi connectivity index (χ1v) is 4.99. The Kier molecular flexibility index (Phi) is 2.55. The van der Waals surface area contributed by atoms with Crippen LogP contribution in [0.15, 0.2) is 29.1 Å². The topological polar surface area (TPSA) is 61.6 Å². The van der Waals surface area contributed by atoms with Gasteiger partial charge in [0.15, 0.2) is 0 Å². The van der Waals surface area contributed by atoms with Crippen LogP contribution in [0, 0.1) is 18.3 Å². The van der Waals surface area contributed by atoms with Gasteiger partial charge >= 0.3 is 0 Å². The largest absolute Gasteiger partial charge is 0.268 e. The van der Waals surface area contributed by atoms with Gasteiger partial charge in [0.25, 0.3) is 5.56 Å². The lowest BCUT2D eigenvalue weighted by atomic mass is 10.2. The van der Waals surface area contributed by atoms with E-state index in [9.17, 15) is 4.79 Å². The molecular formula is C11H8ClN3O. The minimum absolute atomic E-state index is 0.207. The Balaban J connectivity index is 2.75. The molecule has 16 heavy (non-hydrogen) atoms. The Bertz CT molecular complexity index is 633. The predicted octanol–water partition coefficient (Wildman–Crippen LogP) is 2.00. The Hall–Kier alpha value is -1.99. The number of hydrogen-bond donors (Lipinski definition) is 1. The van der Waals surface area contributed by atoms with E-state index >= 15 is 0 Å². The minimum Gasteiger partial charge on any atom is -0.268 e. The molecular weight excluding hydrogens is 226 g/mol. The van der Waals surface area contributed by atoms with Gasteiger partial charge in [-0.3, -0.25) is 14.6 Å². The second-order valence-corrected chi connectivity index (χ2v) is 3.75. The number of aromatic nitrogens is 2. The standard InChI is InChI=1S/C11H8ClN3O/c1-7-5-11(16)14-15(7)10-4-2-3-9(12)8(10)6-13/h2-5H,1H3,(H,14,16). The number of aryl methyl sites for hydroxylation is 1. The van der Waals surface area contributed by atoms with Crippen LogP contribution in [0.5, 0.6) is 0 Å². The van der Waals surface area contributed by atoms with Crippen molar-refractivity contribution in [1.82, 2.24) is 9.78 Å². The lowest BCUT2D eigenvalue weighted by Crippen LogP contribution is -2.06. The number of benzene rings is 1. The highest BCUT2D eigenvalue weighted by molar-refractivity contribution is 6.32. The van der Waals surface area contributed by atoms with Crippen molar-refractivity contribution in [1.29, 1.82) is 5.26 Å². The molecule has 0 unspecified atom stereocenters. The lowest BCUT2D eigenvalue weighted by molar-refractivity contribution is 0.832. The molecule has 80 valence electrons. The third-order valence-electron chi connectivity index (χ3n) is 2.26. The van der Waals surface area contributed by atoms with Crippen LogP contribution in [0.1, 0.15) is 11.3 Å². The molecule has 1 aromatic carbocycles. The SMILES string of the molecule is Cc1cc(=O)[nH]n1-c1cccc(Cl)c1C#N. The summed E-state index contributed by atoms with van der Waals surface area (Å²) in [5.41, 5.74) is 1.44. The molecule has 0 bridgehead atoms. The second-order valence-electron chi connectivity index (χ2n) is 3.34. The van der Waals surface area contributed by atoms with Crippen LogP contribution >= 0.6 is 11.6 Å². The van der Waals surface area contributed by atoms with Crippen LogP contribution in [-0.4, -0.2) is 9.78 Å². The van der Waals surface area contributed by atoms with Crippen molar-refractivity contribution in [3.05, 3.63) is 50.9 Å². The van der Waals surface area contributed by atoms with Crippen molar-refractivity contribution in [3.8, 4) is 11.8 Å². The molecule has 0 aliphatic carbocycles. The van der Waals surface area contributed by atoms with Crippen LogP contribution in [-0.2, 0) is 0 Å². The average molecular weight is 234 g/mol. The van der Waals surface area contributed by atoms with E-state index in [0.717, 1.165) is 5.69 Å². The highest BCUT2D eigenvalue weighted by Gasteiger charge is 2.10. The van der Waals surface area contributed by atoms with Gasteiger partial charge in [-0.1, -0.05) is 17.7 Å². The summed E-state index contributed by atoms with van der Waals surface area (Å²) >= 11 is 5.91. The highest BCUT2D eigenvalue weighted by Crippen LogP contribution is 2.22. The van der Waals surface area contributed by atoms with Crippen molar-refractivity contribution in [2.24, 2.45) is 0 Å². The maximum Gasteiger partial charge on any atom is 0.264 e. The van der Waals surface area contributed by atoms with E-state index in [0.29, 0.717) is 16.3 Å². The molecule has 2 aromatic rings. The van der Waals surface area contributed by atoms with Gasteiger partial charge in [0.05, 0.1) is 16.3 Å². The fourth-order valence-electron chi connectivity index (χ4n) is 1.54. The molecule has 0 aliphatic rings. The molecule has 0 atom stereocenters. The Morgan fingerprint density at radius 2 is 2.25 bits per heavy atom. The zero-order chi connectivity index (χ0) is 11.7. The number of hydrogen-bond acceptors (Lipinski definition) is 2. The third-order valence-corrected chi connectivity index (χ3v) is 2.57. The molecule has 0 saturated carbocycles. The molecule has 1 aromatic heterocycles. The highest BCUT2D eigenvalue weighted by atomic mass is 35.5. The molecule has 0 amide bonds. The lowest BCUT2D eigenvalue weighted by Gasteiger charge is -2.08. The molecule has 4 nitrogen and oxygen atoms in total. The number of rotatable bonds is 1. The first-order chi connectivity index (χ1) is 7.63. The second kappa shape index (κ2) is 3.87. The number of aromatic amines is 1. The van der Waals surface area contributed by atoms with E-state index in [1.807, 2.05) is 6.07 Å². The zero-order valence-corrected chi connectivity index (χ0v) is 9.25. The van der Waals surface area contributed by atoms with E-state index in [1.54, 1.807) is 29.8 Å². The van der Waals surface area contributed by atoms with Gasteiger partial charge in [-0.15, -0.1) is 0 Å². The van der Waals surface area contributed by atoms with Crippen LogP contribution in [0.2, 0.25) is 5.02 Å². The monoisotopic (exact) mass is 233 g/mol. The molecule has 0 fully saturated rings. The predicted molar refractivity (Wildman–Crippen MR) is 60.9 cm³/mol. The van der Waals surface area contributed by atoms with E-state index < -0.39 is 0 Å². The Labute approximate surface area is 96.7 Å². The number of nitrogens with one attached hydrogen (secondary N) is 1. The summed E-state index contributed by atoms with van der Waals surface area (Å²) in [6, 6.07) is 8.59. The summed E-state index contributed by atoms with van der Waals surface area (Å²) in [5.74, 6) is 0. The van der Waals surface area contributed by atoms with Gasteiger partial charge in [0, 0.05) is 11.8 Å². The quantitative estimate of drug-likeness (QED) is 0.819. The van der Waals surface area contributed by atoms with Gasteiger partial charge in [-0.25, -0.2) is 0 Å². The maximum atomic E-state index is 11.2. The summed E-state index contributed by atoms with van der Waals surface area (Å²) in [6.07, 6.45) is 0. The van der Waals surface area contributed by atoms with Gasteiger partial charge in [0.2, 0.25) is 0 Å². The minimum atomic E-state index is -0.207. The van der Waals surface area contributed by atoms with E-state index in [2.05, 4.69) is 5.10 Å². The molecule has 2 rings (SSSR count). The van der Waals surface area contributed by atoms with E-state index in [-0.39, 0.29) is 5.56 Å². The van der Waals surface area contributed by atoms with Crippen molar-refractivity contribution in [3.63, 3.8) is 0 Å². The van der Waals surface area contributed by atoms with Gasteiger partial charge in [0.1, 0.15) is 6.07 Å². The molecule has 0 radical (unpaired) electrons. The normalized spacial score (nSPS) is 10.1. The fraction of sp³-hybridized carbons (Fsp3) is 0.0909. The summed E-state index contributed by atoms with van der Waals surface area (Å²) in [7, 11) is 0. The molecule has 0 saturated heterocycles. The average Bonchev–Trinajstić information content (AvgIpc) is 2.57. The summed E-state index contributed by atoms with van der Waals surface area (Å²) in [5, 5.41) is 12.0. The van der Waals surface area contributed by atoms with E-state index in [1.165, 1.54) is 6.07 Å². The van der Waals surface area contributed by atoms with Crippen LogP contribution in [0.4, 0.5) is 0 Å². The van der Waals surface area contributed by atoms with Crippen LogP contribution in [0.3, 0.4) is 0 Å². The van der Waals surface area contributed by atoms with Gasteiger partial charge < -0.3 is 0 Å². The Morgan fingerprint density at radius 1 is 1.50 bits per heavy atom. The summed E-state index contributed by atoms with van der Waals surface area (Å²) in [6.45, 7) is 1.78. The maximum absolute atomic E-state index is 11.2. The summed E-state index contributed by atoms with van der Waals surface area (Å²) in [4.78, 5) is 11.2. The van der Waals surface area contributed by atoms with Crippen LogP contribution in [0.25, 0.3) is 5.69 Å². The number of nitriles is 1.